The van der Waals surface area contributed by atoms with Crippen molar-refractivity contribution in [3.8, 4) is 17.2 Å². The second-order valence-corrected chi connectivity index (χ2v) is 16.8. The fourth-order valence-electron chi connectivity index (χ4n) is 5.56. The number of carbonyl (C=O) groups is 2. The number of ether oxygens (including phenoxy) is 5. The highest BCUT2D eigenvalue weighted by atomic mass is 35.5. The number of halogens is 4. The molecule has 0 aliphatic heterocycles. The molecule has 0 amide bonds. The van der Waals surface area contributed by atoms with Gasteiger partial charge in [-0.1, -0.05) is 29.3 Å². The number of carbonyl (C=O) groups excluding carboxylic acids is 2. The molecule has 5 rings (SSSR count). The van der Waals surface area contributed by atoms with Crippen LogP contribution in [0, 0.1) is 17.0 Å². The molecule has 18 heteroatoms. The highest BCUT2D eigenvalue weighted by Crippen LogP contribution is 2.39. The summed E-state index contributed by atoms with van der Waals surface area (Å²) in [5, 5.41) is 12.0. The fourth-order valence-corrected chi connectivity index (χ4v) is 6.78. The second kappa shape index (κ2) is 18.4. The van der Waals surface area contributed by atoms with Gasteiger partial charge in [0.25, 0.3) is 0 Å². The van der Waals surface area contributed by atoms with Crippen LogP contribution in [0.2, 0.25) is 10.0 Å². The molecule has 3 aromatic rings. The number of alkyl halides is 2. The quantitative estimate of drug-likeness (QED) is 0.0607. The maximum atomic E-state index is 14.0. The van der Waals surface area contributed by atoms with Gasteiger partial charge in [0.1, 0.15) is 33.5 Å². The Kier molecular flexibility index (Phi) is 14.2. The van der Waals surface area contributed by atoms with Crippen molar-refractivity contribution in [1.82, 2.24) is 4.90 Å². The van der Waals surface area contributed by atoms with Crippen molar-refractivity contribution in [1.29, 1.82) is 0 Å². The minimum absolute atomic E-state index is 0.00717. The first-order valence-electron chi connectivity index (χ1n) is 18.0. The first-order valence-corrected chi connectivity index (χ1v) is 19.8. The molecular weight excluding hydrogens is 799 g/mol. The van der Waals surface area contributed by atoms with Crippen LogP contribution in [0.1, 0.15) is 74.0 Å². The van der Waals surface area contributed by atoms with E-state index in [1.54, 1.807) is 39.8 Å². The molecule has 2 aliphatic rings. The van der Waals surface area contributed by atoms with E-state index in [4.69, 9.17) is 46.9 Å². The molecule has 0 radical (unpaired) electrons. The van der Waals surface area contributed by atoms with Crippen molar-refractivity contribution in [3.63, 3.8) is 0 Å². The molecule has 0 N–H and O–H groups in total. The SMILES string of the molecule is CN(C)C(CN(c1ccc(C(=O)OC(Cc2c(Cl)c[n+]([O-])cc2Cl)c2ccc(OC(F)F)c(OCC3CC3)c2)cc1OCC1CC1)[SH](=O)=O)C(=O)OC(C)(C)C. The summed E-state index contributed by atoms with van der Waals surface area (Å²) in [6, 6.07) is 7.24. The van der Waals surface area contributed by atoms with E-state index in [2.05, 4.69) is 0 Å². The van der Waals surface area contributed by atoms with Crippen LogP contribution in [0.5, 0.6) is 17.2 Å². The molecule has 0 saturated heterocycles. The lowest BCUT2D eigenvalue weighted by Crippen LogP contribution is -2.47. The van der Waals surface area contributed by atoms with Gasteiger partial charge < -0.3 is 28.9 Å². The molecule has 0 bridgehead atoms. The highest BCUT2D eigenvalue weighted by Gasteiger charge is 2.33. The number of rotatable bonds is 19. The average Bonchev–Trinajstić information content (AvgIpc) is 4.03. The van der Waals surface area contributed by atoms with Crippen molar-refractivity contribution in [2.24, 2.45) is 11.8 Å². The van der Waals surface area contributed by atoms with E-state index in [-0.39, 0.29) is 82.1 Å². The number of esters is 2. The Hall–Kier alpha value is -4.12. The average molecular weight is 845 g/mol. The molecule has 2 fully saturated rings. The molecule has 2 saturated carbocycles. The van der Waals surface area contributed by atoms with Gasteiger partial charge >= 0.3 is 18.6 Å². The molecule has 2 aliphatic carbocycles. The minimum Gasteiger partial charge on any atom is -0.619 e. The molecule has 2 atom stereocenters. The summed E-state index contributed by atoms with van der Waals surface area (Å²) in [6.07, 6.45) is 4.57. The number of hydrogen-bond donors (Lipinski definition) is 1. The fraction of sp³-hybridized carbons (Fsp3) is 0.500. The number of likely N-dealkylation sites (N-methyl/N-ethyl adjacent to an activating group) is 1. The van der Waals surface area contributed by atoms with E-state index in [1.165, 1.54) is 36.4 Å². The van der Waals surface area contributed by atoms with E-state index < -0.39 is 47.2 Å². The van der Waals surface area contributed by atoms with Crippen LogP contribution in [0.4, 0.5) is 14.5 Å². The topological polar surface area (TPSA) is 148 Å². The van der Waals surface area contributed by atoms with Crippen LogP contribution in [-0.2, 0) is 31.6 Å². The van der Waals surface area contributed by atoms with Crippen molar-refractivity contribution >= 4 is 51.7 Å². The van der Waals surface area contributed by atoms with E-state index in [0.717, 1.165) is 42.4 Å². The number of pyridine rings is 1. The van der Waals surface area contributed by atoms with Crippen LogP contribution in [0.15, 0.2) is 48.8 Å². The van der Waals surface area contributed by atoms with E-state index in [1.807, 2.05) is 0 Å². The van der Waals surface area contributed by atoms with Gasteiger partial charge in [-0.2, -0.15) is 13.5 Å². The molecule has 13 nitrogen and oxygen atoms in total. The van der Waals surface area contributed by atoms with Gasteiger partial charge in [-0.15, -0.1) is 0 Å². The van der Waals surface area contributed by atoms with Gasteiger partial charge in [0.15, 0.2) is 23.9 Å². The zero-order chi connectivity index (χ0) is 40.9. The molecule has 1 aromatic heterocycles. The summed E-state index contributed by atoms with van der Waals surface area (Å²) in [4.78, 5) is 28.7. The minimum atomic E-state index is -3.32. The Labute approximate surface area is 336 Å². The Morgan fingerprint density at radius 3 is 2.07 bits per heavy atom. The van der Waals surface area contributed by atoms with Gasteiger partial charge in [0.2, 0.25) is 10.9 Å². The third-order valence-electron chi connectivity index (χ3n) is 8.91. The summed E-state index contributed by atoms with van der Waals surface area (Å²) in [5.74, 6) is -1.13. The molecule has 56 heavy (non-hydrogen) atoms. The predicted molar refractivity (Wildman–Crippen MR) is 204 cm³/mol. The number of anilines is 1. The first kappa shape index (κ1) is 43.0. The Balaban J connectivity index is 1.50. The molecule has 306 valence electrons. The monoisotopic (exact) mass is 843 g/mol. The Morgan fingerprint density at radius 1 is 0.929 bits per heavy atom. The maximum Gasteiger partial charge on any atom is 0.387 e. The summed E-state index contributed by atoms with van der Waals surface area (Å²) < 4.78 is 81.9. The Bertz CT molecular complexity index is 1940. The second-order valence-electron chi connectivity index (χ2n) is 15.0. The predicted octanol–water partition coefficient (Wildman–Crippen LogP) is 6.55. The van der Waals surface area contributed by atoms with E-state index >= 15 is 0 Å². The maximum absolute atomic E-state index is 14.0. The molecule has 2 unspecified atom stereocenters. The lowest BCUT2D eigenvalue weighted by atomic mass is 10.0. The van der Waals surface area contributed by atoms with E-state index in [9.17, 15) is 32.0 Å². The van der Waals surface area contributed by atoms with Crippen LogP contribution >= 0.6 is 23.2 Å². The summed E-state index contributed by atoms with van der Waals surface area (Å²) in [5.41, 5.74) is -0.176. The van der Waals surface area contributed by atoms with Crippen LogP contribution in [0.3, 0.4) is 0 Å². The number of thiol groups is 1. The third-order valence-corrected chi connectivity index (χ3v) is 10.3. The Morgan fingerprint density at radius 2 is 1.54 bits per heavy atom. The van der Waals surface area contributed by atoms with Crippen LogP contribution < -0.4 is 23.2 Å². The zero-order valence-corrected chi connectivity index (χ0v) is 34.0. The van der Waals surface area contributed by atoms with Crippen molar-refractivity contribution in [2.45, 2.75) is 77.2 Å². The van der Waals surface area contributed by atoms with Gasteiger partial charge in [-0.05, 0) is 108 Å². The summed E-state index contributed by atoms with van der Waals surface area (Å²) in [6.45, 7) is 2.20. The third kappa shape index (κ3) is 12.2. The van der Waals surface area contributed by atoms with Crippen molar-refractivity contribution in [3.05, 3.63) is 80.7 Å². The van der Waals surface area contributed by atoms with Crippen LogP contribution in [0.25, 0.3) is 0 Å². The molecule has 0 spiro atoms. The highest BCUT2D eigenvalue weighted by molar-refractivity contribution is 7.74. The lowest BCUT2D eigenvalue weighted by Gasteiger charge is -2.31. The van der Waals surface area contributed by atoms with E-state index in [0.29, 0.717) is 10.3 Å². The largest absolute Gasteiger partial charge is 0.619 e. The van der Waals surface area contributed by atoms with Gasteiger partial charge in [0.05, 0.1) is 31.0 Å². The number of benzene rings is 2. The zero-order valence-electron chi connectivity index (χ0n) is 31.5. The molecule has 1 heterocycles. The van der Waals surface area contributed by atoms with Crippen molar-refractivity contribution in [2.75, 3.05) is 38.2 Å². The lowest BCUT2D eigenvalue weighted by molar-refractivity contribution is -0.605. The molecular formula is C38H45Cl2F2N3O10S. The van der Waals surface area contributed by atoms with Gasteiger partial charge in [0, 0.05) is 12.0 Å². The number of nitrogens with zero attached hydrogens (tertiary/aromatic N) is 3. The normalized spacial score (nSPS) is 15.4. The summed E-state index contributed by atoms with van der Waals surface area (Å²) in [7, 11) is -0.0679. The summed E-state index contributed by atoms with van der Waals surface area (Å²) >= 11 is 12.8. The molecule has 2 aromatic carbocycles. The van der Waals surface area contributed by atoms with Crippen LogP contribution in [-0.4, -0.2) is 77.4 Å². The van der Waals surface area contributed by atoms with Gasteiger partial charge in [-0.3, -0.25) is 14.0 Å². The smallest absolute Gasteiger partial charge is 0.387 e. The van der Waals surface area contributed by atoms with Crippen molar-refractivity contribution < 1.29 is 55.2 Å². The number of hydrogen-bond acceptors (Lipinski definition) is 11. The number of aromatic nitrogens is 1. The standard InChI is InChI=1S/C38H45Cl2F2N3O10S/c1-38(2,3)55-36(47)30(43(4)5)19-45(56(49)50)29-12-10-25(15-33(29)51-20-22-6-7-22)35(46)53-32(16-26-27(39)17-44(48)18-28(26)40)24-11-13-31(54-37(41)42)34(14-24)52-21-23-8-9-23/h10-15,17-18,22-23,30,32,37,56H,6-9,16,19-21H2,1-5H3. The first-order chi connectivity index (χ1) is 26.4. The van der Waals surface area contributed by atoms with Gasteiger partial charge in [-0.25, -0.2) is 13.2 Å².